The molecule has 1 aliphatic carbocycles. The van der Waals surface area contributed by atoms with Crippen molar-refractivity contribution in [3.8, 4) is 0 Å². The Kier molecular flexibility index (Phi) is 4.24. The van der Waals surface area contributed by atoms with Crippen molar-refractivity contribution in [1.82, 2.24) is 15.1 Å². The molecular weight excluding hydrogens is 298 g/mol. The number of rotatable bonds is 4. The maximum Gasteiger partial charge on any atom is 0.272 e. The summed E-state index contributed by atoms with van der Waals surface area (Å²) in [7, 11) is 0. The number of aryl methyl sites for hydroxylation is 1. The third-order valence-electron chi connectivity index (χ3n) is 4.80. The van der Waals surface area contributed by atoms with E-state index in [4.69, 9.17) is 0 Å². The first-order valence-electron chi connectivity index (χ1n) is 8.70. The third-order valence-corrected chi connectivity index (χ3v) is 4.80. The monoisotopic (exact) mass is 325 g/mol. The Morgan fingerprint density at radius 2 is 1.92 bits per heavy atom. The Balaban J connectivity index is 1.82. The summed E-state index contributed by atoms with van der Waals surface area (Å²) < 4.78 is 1.92. The molecule has 128 valence electrons. The topological polar surface area (TPSA) is 46.9 Å². The fourth-order valence-corrected chi connectivity index (χ4v) is 3.39. The van der Waals surface area contributed by atoms with Gasteiger partial charge in [-0.25, -0.2) is 0 Å². The lowest BCUT2D eigenvalue weighted by atomic mass is 10.0. The number of hydrogen-bond acceptors (Lipinski definition) is 2. The van der Waals surface area contributed by atoms with Crippen molar-refractivity contribution in [2.24, 2.45) is 11.8 Å². The van der Waals surface area contributed by atoms with Crippen LogP contribution in [0.2, 0.25) is 0 Å². The predicted octanol–water partition coefficient (Wildman–Crippen LogP) is 4.07. The zero-order valence-electron chi connectivity index (χ0n) is 15.2. The molecule has 0 spiro atoms. The fourth-order valence-electron chi connectivity index (χ4n) is 3.39. The van der Waals surface area contributed by atoms with Gasteiger partial charge in [-0.2, -0.15) is 5.10 Å². The Bertz CT molecular complexity index is 727. The molecule has 1 aromatic heterocycles. The van der Waals surface area contributed by atoms with Gasteiger partial charge in [0.05, 0.1) is 11.6 Å². The van der Waals surface area contributed by atoms with Crippen molar-refractivity contribution < 1.29 is 4.79 Å². The molecule has 2 aromatic rings. The summed E-state index contributed by atoms with van der Waals surface area (Å²) in [5, 5.41) is 7.75. The standard InChI is InChI=1S/C20H27N3O/c1-13-11-16(13)18(15-9-7-6-8-10-15)21-19(24)17-12-14(2)23(22-17)20(3,4)5/h6-10,12-13,16,18H,11H2,1-5H3,(H,21,24). The number of nitrogens with zero attached hydrogens (tertiary/aromatic N) is 2. The highest BCUT2D eigenvalue weighted by molar-refractivity contribution is 5.92. The minimum absolute atomic E-state index is 0.0637. The molecule has 0 saturated heterocycles. The van der Waals surface area contributed by atoms with Crippen LogP contribution in [-0.4, -0.2) is 15.7 Å². The van der Waals surface area contributed by atoms with Crippen LogP contribution in [0.3, 0.4) is 0 Å². The lowest BCUT2D eigenvalue weighted by Gasteiger charge is -2.21. The Labute approximate surface area is 144 Å². The van der Waals surface area contributed by atoms with Gasteiger partial charge in [0, 0.05) is 5.69 Å². The van der Waals surface area contributed by atoms with Gasteiger partial charge in [0.1, 0.15) is 5.69 Å². The van der Waals surface area contributed by atoms with E-state index in [0.717, 1.165) is 12.1 Å². The van der Waals surface area contributed by atoms with E-state index in [1.54, 1.807) is 0 Å². The lowest BCUT2D eigenvalue weighted by molar-refractivity contribution is 0.0924. The molecule has 24 heavy (non-hydrogen) atoms. The van der Waals surface area contributed by atoms with Crippen LogP contribution in [0.25, 0.3) is 0 Å². The molecule has 1 heterocycles. The molecule has 1 N–H and O–H groups in total. The van der Waals surface area contributed by atoms with Gasteiger partial charge in [-0.15, -0.1) is 0 Å². The van der Waals surface area contributed by atoms with E-state index in [1.807, 2.05) is 35.9 Å². The normalized spacial score (nSPS) is 21.4. The fraction of sp³-hybridized carbons (Fsp3) is 0.500. The first-order valence-corrected chi connectivity index (χ1v) is 8.70. The molecule has 1 fully saturated rings. The van der Waals surface area contributed by atoms with Crippen molar-refractivity contribution in [3.63, 3.8) is 0 Å². The molecule has 0 radical (unpaired) electrons. The molecule has 3 atom stereocenters. The summed E-state index contributed by atoms with van der Waals surface area (Å²) in [5.41, 5.74) is 2.54. The van der Waals surface area contributed by atoms with Crippen molar-refractivity contribution in [2.75, 3.05) is 0 Å². The minimum atomic E-state index is -0.132. The van der Waals surface area contributed by atoms with E-state index in [9.17, 15) is 4.79 Å². The maximum atomic E-state index is 12.8. The average molecular weight is 325 g/mol. The van der Waals surface area contributed by atoms with Crippen LogP contribution in [0.5, 0.6) is 0 Å². The highest BCUT2D eigenvalue weighted by Gasteiger charge is 2.41. The first kappa shape index (κ1) is 16.7. The Hall–Kier alpha value is -2.10. The summed E-state index contributed by atoms with van der Waals surface area (Å²) >= 11 is 0. The molecule has 1 amide bonds. The summed E-state index contributed by atoms with van der Waals surface area (Å²) in [6.45, 7) is 10.5. The van der Waals surface area contributed by atoms with E-state index < -0.39 is 0 Å². The van der Waals surface area contributed by atoms with Gasteiger partial charge in [-0.1, -0.05) is 37.3 Å². The van der Waals surface area contributed by atoms with Crippen molar-refractivity contribution in [1.29, 1.82) is 0 Å². The molecule has 1 aliphatic rings. The number of amides is 1. The van der Waals surface area contributed by atoms with Crippen molar-refractivity contribution in [2.45, 2.75) is 52.6 Å². The van der Waals surface area contributed by atoms with Gasteiger partial charge in [0.15, 0.2) is 0 Å². The molecule has 1 aromatic carbocycles. The first-order chi connectivity index (χ1) is 11.3. The summed E-state index contributed by atoms with van der Waals surface area (Å²) in [6, 6.07) is 12.2. The lowest BCUT2D eigenvalue weighted by Crippen LogP contribution is -2.31. The predicted molar refractivity (Wildman–Crippen MR) is 95.9 cm³/mol. The number of benzene rings is 1. The minimum Gasteiger partial charge on any atom is -0.344 e. The average Bonchev–Trinajstić information content (AvgIpc) is 3.09. The molecule has 3 unspecified atom stereocenters. The van der Waals surface area contributed by atoms with Crippen LogP contribution >= 0.6 is 0 Å². The second kappa shape index (κ2) is 6.08. The summed E-state index contributed by atoms with van der Waals surface area (Å²) in [4.78, 5) is 12.8. The third kappa shape index (κ3) is 3.37. The molecule has 0 aliphatic heterocycles. The van der Waals surface area contributed by atoms with E-state index >= 15 is 0 Å². The van der Waals surface area contributed by atoms with Crippen molar-refractivity contribution in [3.05, 3.63) is 53.3 Å². The molecule has 1 saturated carbocycles. The van der Waals surface area contributed by atoms with Crippen LogP contribution in [0, 0.1) is 18.8 Å². The number of nitrogens with one attached hydrogen (secondary N) is 1. The van der Waals surface area contributed by atoms with Gasteiger partial charge in [-0.3, -0.25) is 9.48 Å². The van der Waals surface area contributed by atoms with Crippen LogP contribution in [-0.2, 0) is 5.54 Å². The second-order valence-corrected chi connectivity index (χ2v) is 7.99. The van der Waals surface area contributed by atoms with E-state index in [2.05, 4.69) is 50.2 Å². The Morgan fingerprint density at radius 3 is 2.42 bits per heavy atom. The smallest absolute Gasteiger partial charge is 0.272 e. The van der Waals surface area contributed by atoms with Gasteiger partial charge < -0.3 is 5.32 Å². The van der Waals surface area contributed by atoms with E-state index in [0.29, 0.717) is 17.5 Å². The molecule has 0 bridgehead atoms. The van der Waals surface area contributed by atoms with Crippen molar-refractivity contribution >= 4 is 5.91 Å². The maximum absolute atomic E-state index is 12.8. The molecule has 3 rings (SSSR count). The van der Waals surface area contributed by atoms with E-state index in [-0.39, 0.29) is 17.5 Å². The van der Waals surface area contributed by atoms with E-state index in [1.165, 1.54) is 5.56 Å². The number of aromatic nitrogens is 2. The zero-order valence-corrected chi connectivity index (χ0v) is 15.2. The quantitative estimate of drug-likeness (QED) is 0.921. The molecule has 4 nitrogen and oxygen atoms in total. The van der Waals surface area contributed by atoms with Crippen LogP contribution in [0.1, 0.15) is 61.9 Å². The zero-order chi connectivity index (χ0) is 17.5. The highest BCUT2D eigenvalue weighted by Crippen LogP contribution is 2.47. The Morgan fingerprint density at radius 1 is 1.29 bits per heavy atom. The van der Waals surface area contributed by atoms with Crippen LogP contribution in [0.15, 0.2) is 36.4 Å². The highest BCUT2D eigenvalue weighted by atomic mass is 16.2. The second-order valence-electron chi connectivity index (χ2n) is 7.99. The van der Waals surface area contributed by atoms with Crippen LogP contribution in [0.4, 0.5) is 0 Å². The van der Waals surface area contributed by atoms with Gasteiger partial charge in [-0.05, 0) is 57.6 Å². The van der Waals surface area contributed by atoms with Gasteiger partial charge in [0.25, 0.3) is 5.91 Å². The number of carbonyl (C=O) groups is 1. The number of carbonyl (C=O) groups excluding carboxylic acids is 1. The van der Waals surface area contributed by atoms with Gasteiger partial charge >= 0.3 is 0 Å². The van der Waals surface area contributed by atoms with Gasteiger partial charge in [0.2, 0.25) is 0 Å². The molecule has 4 heteroatoms. The molecular formula is C20H27N3O. The summed E-state index contributed by atoms with van der Waals surface area (Å²) in [5.74, 6) is 1.08. The van der Waals surface area contributed by atoms with Crippen LogP contribution < -0.4 is 5.32 Å². The number of hydrogen-bond donors (Lipinski definition) is 1. The SMILES string of the molecule is Cc1cc(C(=O)NC(c2ccccc2)C2CC2C)nn1C(C)(C)C. The summed E-state index contributed by atoms with van der Waals surface area (Å²) in [6.07, 6.45) is 1.16. The largest absolute Gasteiger partial charge is 0.344 e.